The zero-order valence-electron chi connectivity index (χ0n) is 19.4. The summed E-state index contributed by atoms with van der Waals surface area (Å²) < 4.78 is 0. The van der Waals surface area contributed by atoms with Gasteiger partial charge in [0.2, 0.25) is 0 Å². The molecule has 0 aliphatic carbocycles. The molecule has 0 saturated heterocycles. The number of aliphatic hydroxyl groups excluding tert-OH is 1. The van der Waals surface area contributed by atoms with Crippen LogP contribution in [-0.4, -0.2) is 20.9 Å². The third kappa shape index (κ3) is 5.80. The molecule has 0 bridgehead atoms. The van der Waals surface area contributed by atoms with Crippen LogP contribution in [0.4, 0.5) is 0 Å². The van der Waals surface area contributed by atoms with Gasteiger partial charge in [-0.15, -0.1) is 0 Å². The number of benzene rings is 2. The van der Waals surface area contributed by atoms with Crippen molar-refractivity contribution in [2.75, 3.05) is 0 Å². The van der Waals surface area contributed by atoms with Gasteiger partial charge in [0, 0.05) is 66.5 Å². The van der Waals surface area contributed by atoms with Crippen molar-refractivity contribution in [3.05, 3.63) is 72.8 Å². The zero-order valence-corrected chi connectivity index (χ0v) is 21.7. The summed E-state index contributed by atoms with van der Waals surface area (Å²) in [5, 5.41) is 14.2. The Labute approximate surface area is 204 Å². The maximum atomic E-state index is 11.5. The Balaban J connectivity index is 0.000000234. The van der Waals surface area contributed by atoms with E-state index in [1.807, 2.05) is 66.1 Å². The van der Waals surface area contributed by atoms with Crippen LogP contribution in [0.2, 0.25) is 0 Å². The standard InChI is InChI=1S/C16H10N2.C11H20O2.Pt/c1-3-12-7-5-11-6-8-13-4-2-10-18-16(13)14(11)15(12)17-9-1;1-10(2,3)8(12)7-9(13)11(4,5)6;/h1-10H;7,12H,1-6H3;/b;8-7-;. The van der Waals surface area contributed by atoms with Crippen LogP contribution in [0.15, 0.2) is 72.8 Å². The predicted octanol–water partition coefficient (Wildman–Crippen LogP) is 7.02. The number of hydrogen-bond donors (Lipinski definition) is 1. The zero-order chi connectivity index (χ0) is 22.8. The molecule has 170 valence electrons. The molecule has 4 aromatic rings. The summed E-state index contributed by atoms with van der Waals surface area (Å²) in [5.41, 5.74) is 1.29. The van der Waals surface area contributed by atoms with Crippen molar-refractivity contribution >= 4 is 38.4 Å². The van der Waals surface area contributed by atoms with Crippen LogP contribution in [-0.2, 0) is 25.9 Å². The van der Waals surface area contributed by atoms with Gasteiger partial charge >= 0.3 is 0 Å². The number of nitrogens with zero attached hydrogens (tertiary/aromatic N) is 2. The Morgan fingerprint density at radius 3 is 1.59 bits per heavy atom. The number of aromatic nitrogens is 2. The number of fused-ring (bicyclic) bond motifs is 5. The van der Waals surface area contributed by atoms with Gasteiger partial charge in [0.25, 0.3) is 0 Å². The average Bonchev–Trinajstić information content (AvgIpc) is 2.72. The summed E-state index contributed by atoms with van der Waals surface area (Å²) in [4.78, 5) is 20.5. The first-order valence-electron chi connectivity index (χ1n) is 10.5. The fourth-order valence-electron chi connectivity index (χ4n) is 3.05. The number of pyridine rings is 2. The van der Waals surface area contributed by atoms with Crippen molar-refractivity contribution < 1.29 is 31.0 Å². The molecule has 0 amide bonds. The molecule has 32 heavy (non-hydrogen) atoms. The molecule has 0 fully saturated rings. The summed E-state index contributed by atoms with van der Waals surface area (Å²) in [6.45, 7) is 11.1. The van der Waals surface area contributed by atoms with Gasteiger partial charge in [-0.25, -0.2) is 0 Å². The van der Waals surface area contributed by atoms with E-state index in [2.05, 4.69) is 46.4 Å². The topological polar surface area (TPSA) is 63.1 Å². The SMILES string of the molecule is CC(C)(C)C(=O)/C=C(\O)C(C)(C)C.[Pt].c1cnc2c(c1)ccc1ccc3cccnc3c12. The molecule has 1 N–H and O–H groups in total. The van der Waals surface area contributed by atoms with E-state index in [-0.39, 0.29) is 38.0 Å². The minimum atomic E-state index is -0.417. The Kier molecular flexibility index (Phi) is 7.96. The number of ketones is 1. The minimum Gasteiger partial charge on any atom is -0.512 e. The Morgan fingerprint density at radius 2 is 1.19 bits per heavy atom. The molecular formula is C27H30N2O2Pt. The van der Waals surface area contributed by atoms with Gasteiger partial charge in [-0.05, 0) is 17.5 Å². The summed E-state index contributed by atoms with van der Waals surface area (Å²) >= 11 is 0. The van der Waals surface area contributed by atoms with Gasteiger partial charge in [-0.1, -0.05) is 77.9 Å². The largest absolute Gasteiger partial charge is 0.512 e. The van der Waals surface area contributed by atoms with Gasteiger partial charge in [0.15, 0.2) is 5.78 Å². The van der Waals surface area contributed by atoms with E-state index in [4.69, 9.17) is 0 Å². The van der Waals surface area contributed by atoms with Crippen molar-refractivity contribution in [3.63, 3.8) is 0 Å². The van der Waals surface area contributed by atoms with E-state index in [0.29, 0.717) is 0 Å². The smallest absolute Gasteiger partial charge is 0.164 e. The van der Waals surface area contributed by atoms with Crippen LogP contribution in [0.5, 0.6) is 0 Å². The second kappa shape index (κ2) is 9.92. The molecule has 0 unspecified atom stereocenters. The molecule has 0 atom stereocenters. The van der Waals surface area contributed by atoms with Crippen LogP contribution in [0.25, 0.3) is 32.6 Å². The maximum Gasteiger partial charge on any atom is 0.164 e. The molecule has 0 aliphatic heterocycles. The second-order valence-electron chi connectivity index (χ2n) is 9.77. The number of aliphatic hydroxyl groups is 1. The van der Waals surface area contributed by atoms with Crippen LogP contribution in [0, 0.1) is 10.8 Å². The Morgan fingerprint density at radius 1 is 0.750 bits per heavy atom. The van der Waals surface area contributed by atoms with Crippen LogP contribution in [0.3, 0.4) is 0 Å². The van der Waals surface area contributed by atoms with Crippen LogP contribution < -0.4 is 0 Å². The monoisotopic (exact) mass is 609 g/mol. The molecule has 2 aromatic carbocycles. The molecular weight excluding hydrogens is 579 g/mol. The Hall–Kier alpha value is -2.58. The van der Waals surface area contributed by atoms with Crippen molar-refractivity contribution in [1.29, 1.82) is 0 Å². The molecule has 2 heterocycles. The van der Waals surface area contributed by atoms with E-state index in [0.717, 1.165) is 27.2 Å². The number of carbonyl (C=O) groups excluding carboxylic acids is 1. The minimum absolute atomic E-state index is 0. The summed E-state index contributed by atoms with van der Waals surface area (Å²) in [6, 6.07) is 16.6. The first-order chi connectivity index (χ1) is 14.5. The third-order valence-electron chi connectivity index (χ3n) is 5.10. The fourth-order valence-corrected chi connectivity index (χ4v) is 3.05. The van der Waals surface area contributed by atoms with E-state index >= 15 is 0 Å². The predicted molar refractivity (Wildman–Crippen MR) is 129 cm³/mol. The molecule has 0 radical (unpaired) electrons. The maximum absolute atomic E-state index is 11.5. The van der Waals surface area contributed by atoms with Crippen LogP contribution in [0.1, 0.15) is 41.5 Å². The van der Waals surface area contributed by atoms with Crippen molar-refractivity contribution in [1.82, 2.24) is 9.97 Å². The van der Waals surface area contributed by atoms with Gasteiger partial charge in [0.1, 0.15) is 5.76 Å². The molecule has 4 rings (SSSR count). The normalized spacial score (nSPS) is 12.2. The second-order valence-corrected chi connectivity index (χ2v) is 9.77. The average molecular weight is 610 g/mol. The Bertz CT molecular complexity index is 1210. The molecule has 5 heteroatoms. The van der Waals surface area contributed by atoms with E-state index < -0.39 is 5.41 Å². The van der Waals surface area contributed by atoms with E-state index in [1.54, 1.807) is 0 Å². The van der Waals surface area contributed by atoms with Crippen LogP contribution >= 0.6 is 0 Å². The fraction of sp³-hybridized carbons (Fsp3) is 0.296. The first-order valence-corrected chi connectivity index (χ1v) is 10.5. The molecule has 0 aliphatic rings. The molecule has 4 nitrogen and oxygen atoms in total. The van der Waals surface area contributed by atoms with Crippen molar-refractivity contribution in [3.8, 4) is 0 Å². The number of rotatable bonds is 1. The molecule has 0 spiro atoms. The summed E-state index contributed by atoms with van der Waals surface area (Å²) in [7, 11) is 0. The van der Waals surface area contributed by atoms with Crippen molar-refractivity contribution in [2.24, 2.45) is 10.8 Å². The van der Waals surface area contributed by atoms with Crippen molar-refractivity contribution in [2.45, 2.75) is 41.5 Å². The number of carbonyl (C=O) groups is 1. The molecule has 2 aromatic heterocycles. The van der Waals surface area contributed by atoms with E-state index in [1.165, 1.54) is 11.5 Å². The number of allylic oxidation sites excluding steroid dienone is 2. The van der Waals surface area contributed by atoms with Gasteiger partial charge in [-0.3, -0.25) is 14.8 Å². The summed E-state index contributed by atoms with van der Waals surface area (Å²) in [6.07, 6.45) is 5.01. The number of hydrogen-bond acceptors (Lipinski definition) is 4. The van der Waals surface area contributed by atoms with Gasteiger partial charge in [-0.2, -0.15) is 0 Å². The van der Waals surface area contributed by atoms with E-state index in [9.17, 15) is 9.90 Å². The third-order valence-corrected chi connectivity index (χ3v) is 5.10. The van der Waals surface area contributed by atoms with Gasteiger partial charge < -0.3 is 5.11 Å². The molecule has 0 saturated carbocycles. The van der Waals surface area contributed by atoms with Gasteiger partial charge in [0.05, 0.1) is 11.0 Å². The summed E-state index contributed by atoms with van der Waals surface area (Å²) in [5.74, 6) is 0.104. The quantitative estimate of drug-likeness (QED) is 0.143. The first kappa shape index (κ1) is 25.7.